The highest BCUT2D eigenvalue weighted by Crippen LogP contribution is 2.31. The van der Waals surface area contributed by atoms with Crippen LogP contribution in [0, 0.1) is 0 Å². The molecule has 5 aromatic rings. The number of aryl methyl sites for hydroxylation is 1. The largest absolute Gasteiger partial charge is 0.408 e. The smallest absolute Gasteiger partial charge is 0.320 e. The number of pyridine rings is 1. The number of alkyl halides is 3. The second kappa shape index (κ2) is 8.67. The Balaban J connectivity index is 1.42. The Morgan fingerprint density at radius 3 is 2.51 bits per heavy atom. The average Bonchev–Trinajstić information content (AvgIpc) is 3.46. The van der Waals surface area contributed by atoms with Gasteiger partial charge in [-0.2, -0.15) is 23.4 Å². The van der Waals surface area contributed by atoms with E-state index in [0.29, 0.717) is 39.1 Å². The number of carbonyl (C=O) groups excluding carboxylic acids is 1. The van der Waals surface area contributed by atoms with E-state index in [0.717, 1.165) is 10.2 Å². The Morgan fingerprint density at radius 1 is 1.00 bits per heavy atom. The van der Waals surface area contributed by atoms with Crippen LogP contribution in [0.5, 0.6) is 0 Å². The SMILES string of the molecule is Cn1ncnc1-c1ccc(C(=O)Nc2cccc3c(-c4cnn(CC(F)(F)F)c4)ccnc23)cc1. The van der Waals surface area contributed by atoms with E-state index in [4.69, 9.17) is 0 Å². The number of anilines is 1. The van der Waals surface area contributed by atoms with Crippen molar-refractivity contribution in [3.63, 3.8) is 0 Å². The summed E-state index contributed by atoms with van der Waals surface area (Å²) >= 11 is 0. The van der Waals surface area contributed by atoms with Crippen LogP contribution in [-0.4, -0.2) is 41.6 Å². The van der Waals surface area contributed by atoms with Crippen molar-refractivity contribution in [3.8, 4) is 22.5 Å². The van der Waals surface area contributed by atoms with Crippen molar-refractivity contribution in [3.05, 3.63) is 79.0 Å². The molecule has 0 fully saturated rings. The molecule has 0 spiro atoms. The molecule has 3 aromatic heterocycles. The number of fused-ring (bicyclic) bond motifs is 1. The van der Waals surface area contributed by atoms with Gasteiger partial charge in [0.1, 0.15) is 12.9 Å². The molecule has 0 saturated carbocycles. The monoisotopic (exact) mass is 477 g/mol. The first kappa shape index (κ1) is 22.3. The normalized spacial score (nSPS) is 11.7. The first-order valence-corrected chi connectivity index (χ1v) is 10.5. The molecule has 1 amide bonds. The van der Waals surface area contributed by atoms with Crippen LogP contribution >= 0.6 is 0 Å². The van der Waals surface area contributed by atoms with Gasteiger partial charge >= 0.3 is 6.18 Å². The summed E-state index contributed by atoms with van der Waals surface area (Å²) in [5.41, 5.74) is 3.44. The predicted molar refractivity (Wildman–Crippen MR) is 123 cm³/mol. The molecule has 3 heterocycles. The molecule has 0 saturated heterocycles. The molecular weight excluding hydrogens is 459 g/mol. The zero-order valence-electron chi connectivity index (χ0n) is 18.4. The van der Waals surface area contributed by atoms with Crippen molar-refractivity contribution in [1.29, 1.82) is 0 Å². The van der Waals surface area contributed by atoms with Gasteiger partial charge in [-0.25, -0.2) is 9.67 Å². The van der Waals surface area contributed by atoms with Crippen molar-refractivity contribution < 1.29 is 18.0 Å². The zero-order chi connectivity index (χ0) is 24.6. The molecule has 11 heteroatoms. The van der Waals surface area contributed by atoms with Crippen molar-refractivity contribution in [2.75, 3.05) is 5.32 Å². The van der Waals surface area contributed by atoms with E-state index >= 15 is 0 Å². The Kier molecular flexibility index (Phi) is 5.51. The third-order valence-corrected chi connectivity index (χ3v) is 5.42. The number of hydrogen-bond acceptors (Lipinski definition) is 5. The fourth-order valence-corrected chi connectivity index (χ4v) is 3.82. The summed E-state index contributed by atoms with van der Waals surface area (Å²) in [5, 5.41) is 11.4. The van der Waals surface area contributed by atoms with Gasteiger partial charge in [0.15, 0.2) is 5.82 Å². The molecule has 8 nitrogen and oxygen atoms in total. The Labute approximate surface area is 197 Å². The lowest BCUT2D eigenvalue weighted by Gasteiger charge is -2.11. The zero-order valence-corrected chi connectivity index (χ0v) is 18.4. The van der Waals surface area contributed by atoms with Crippen LogP contribution in [0.3, 0.4) is 0 Å². The van der Waals surface area contributed by atoms with Gasteiger partial charge in [0.2, 0.25) is 0 Å². The van der Waals surface area contributed by atoms with E-state index in [1.807, 2.05) is 0 Å². The van der Waals surface area contributed by atoms with Crippen LogP contribution < -0.4 is 5.32 Å². The van der Waals surface area contributed by atoms with Gasteiger partial charge in [-0.15, -0.1) is 0 Å². The van der Waals surface area contributed by atoms with Gasteiger partial charge < -0.3 is 5.32 Å². The fourth-order valence-electron chi connectivity index (χ4n) is 3.82. The summed E-state index contributed by atoms with van der Waals surface area (Å²) in [7, 11) is 1.78. The Bertz CT molecular complexity index is 1520. The van der Waals surface area contributed by atoms with Crippen LogP contribution in [0.15, 0.2) is 73.4 Å². The van der Waals surface area contributed by atoms with E-state index in [9.17, 15) is 18.0 Å². The Morgan fingerprint density at radius 2 is 1.80 bits per heavy atom. The summed E-state index contributed by atoms with van der Waals surface area (Å²) < 4.78 is 40.6. The highest BCUT2D eigenvalue weighted by atomic mass is 19.4. The molecule has 0 atom stereocenters. The van der Waals surface area contributed by atoms with Gasteiger partial charge in [-0.05, 0) is 29.8 Å². The number of amides is 1. The molecule has 35 heavy (non-hydrogen) atoms. The van der Waals surface area contributed by atoms with E-state index < -0.39 is 12.7 Å². The minimum Gasteiger partial charge on any atom is -0.320 e. The number of nitrogens with one attached hydrogen (secondary N) is 1. The molecule has 176 valence electrons. The van der Waals surface area contributed by atoms with Gasteiger partial charge in [0, 0.05) is 41.5 Å². The third kappa shape index (κ3) is 4.60. The highest BCUT2D eigenvalue weighted by Gasteiger charge is 2.28. The average molecular weight is 477 g/mol. The number of para-hydroxylation sites is 1. The lowest BCUT2D eigenvalue weighted by atomic mass is 10.0. The van der Waals surface area contributed by atoms with Gasteiger partial charge in [-0.1, -0.05) is 24.3 Å². The molecular formula is C24H18F3N7O. The number of aromatic nitrogens is 6. The fraction of sp³-hybridized carbons (Fsp3) is 0.125. The number of nitrogens with zero attached hydrogens (tertiary/aromatic N) is 6. The first-order chi connectivity index (χ1) is 16.8. The van der Waals surface area contributed by atoms with Crippen LogP contribution in [0.1, 0.15) is 10.4 Å². The van der Waals surface area contributed by atoms with E-state index in [-0.39, 0.29) is 5.91 Å². The number of rotatable bonds is 5. The van der Waals surface area contributed by atoms with Gasteiger partial charge in [0.25, 0.3) is 5.91 Å². The third-order valence-electron chi connectivity index (χ3n) is 5.42. The highest BCUT2D eigenvalue weighted by molar-refractivity contribution is 6.10. The lowest BCUT2D eigenvalue weighted by Crippen LogP contribution is -2.17. The maximum Gasteiger partial charge on any atom is 0.408 e. The van der Waals surface area contributed by atoms with Crippen molar-refractivity contribution in [2.45, 2.75) is 12.7 Å². The molecule has 0 aliphatic rings. The van der Waals surface area contributed by atoms with Crippen LogP contribution in [0.4, 0.5) is 18.9 Å². The van der Waals surface area contributed by atoms with Gasteiger partial charge in [0.05, 0.1) is 17.4 Å². The molecule has 0 bridgehead atoms. The lowest BCUT2D eigenvalue weighted by molar-refractivity contribution is -0.142. The number of hydrogen-bond donors (Lipinski definition) is 1. The van der Waals surface area contributed by atoms with Crippen molar-refractivity contribution >= 4 is 22.5 Å². The second-order valence-corrected chi connectivity index (χ2v) is 7.84. The molecule has 5 rings (SSSR count). The van der Waals surface area contributed by atoms with Crippen molar-refractivity contribution in [2.24, 2.45) is 7.05 Å². The maximum atomic E-state index is 12.9. The molecule has 0 radical (unpaired) electrons. The van der Waals surface area contributed by atoms with Crippen LogP contribution in [0.2, 0.25) is 0 Å². The number of carbonyl (C=O) groups is 1. The molecule has 0 aliphatic heterocycles. The first-order valence-electron chi connectivity index (χ1n) is 10.5. The van der Waals surface area contributed by atoms with Crippen LogP contribution in [0.25, 0.3) is 33.4 Å². The molecule has 1 N–H and O–H groups in total. The van der Waals surface area contributed by atoms with Gasteiger partial charge in [-0.3, -0.25) is 14.5 Å². The summed E-state index contributed by atoms with van der Waals surface area (Å²) in [6.45, 7) is -1.17. The summed E-state index contributed by atoms with van der Waals surface area (Å²) in [4.78, 5) is 21.5. The van der Waals surface area contributed by atoms with Crippen LogP contribution in [-0.2, 0) is 13.6 Å². The molecule has 0 aliphatic carbocycles. The van der Waals surface area contributed by atoms with E-state index in [1.54, 1.807) is 66.5 Å². The quantitative estimate of drug-likeness (QED) is 0.396. The minimum atomic E-state index is -4.37. The predicted octanol–water partition coefficient (Wildman–Crippen LogP) is 4.71. The molecule has 2 aromatic carbocycles. The standard InChI is InChI=1S/C24H18F3N7O/c1-33-22(29-14-31-33)15-5-7-16(8-6-15)23(35)32-20-4-2-3-19-18(9-10-28-21(19)20)17-11-30-34(12-17)13-24(25,26)27/h2-12,14H,13H2,1H3,(H,32,35). The number of benzene rings is 2. The number of halogens is 3. The van der Waals surface area contributed by atoms with Crippen molar-refractivity contribution in [1.82, 2.24) is 29.5 Å². The summed E-state index contributed by atoms with van der Waals surface area (Å²) in [6, 6.07) is 13.9. The second-order valence-electron chi connectivity index (χ2n) is 7.84. The van der Waals surface area contributed by atoms with E-state index in [2.05, 4.69) is 25.5 Å². The topological polar surface area (TPSA) is 90.5 Å². The Hall–Kier alpha value is -4.54. The molecule has 0 unspecified atom stereocenters. The minimum absolute atomic E-state index is 0.327. The maximum absolute atomic E-state index is 12.9. The summed E-state index contributed by atoms with van der Waals surface area (Å²) in [6.07, 6.45) is 1.35. The van der Waals surface area contributed by atoms with E-state index in [1.165, 1.54) is 18.7 Å². The summed E-state index contributed by atoms with van der Waals surface area (Å²) in [5.74, 6) is 0.355.